The van der Waals surface area contributed by atoms with Crippen molar-refractivity contribution in [1.29, 1.82) is 0 Å². The number of aryl methyl sites for hydroxylation is 1. The van der Waals surface area contributed by atoms with Crippen molar-refractivity contribution in [1.82, 2.24) is 19.9 Å². The number of nitrogens with zero attached hydrogens (tertiary/aromatic N) is 5. The summed E-state index contributed by atoms with van der Waals surface area (Å²) in [5.74, 6) is 0.860. The van der Waals surface area contributed by atoms with Crippen LogP contribution in [0, 0.1) is 6.92 Å². The zero-order valence-electron chi connectivity index (χ0n) is 10.5. The van der Waals surface area contributed by atoms with Crippen LogP contribution in [-0.4, -0.2) is 33.0 Å². The van der Waals surface area contributed by atoms with E-state index in [2.05, 4.69) is 24.8 Å². The second kappa shape index (κ2) is 5.04. The molecule has 0 amide bonds. The molecule has 2 aromatic rings. The summed E-state index contributed by atoms with van der Waals surface area (Å²) in [5.41, 5.74) is 6.56. The normalized spacial score (nSPS) is 15.1. The predicted molar refractivity (Wildman–Crippen MR) is 71.0 cm³/mol. The Morgan fingerprint density at radius 3 is 2.68 bits per heavy atom. The molecule has 100 valence electrons. The first kappa shape index (κ1) is 12.2. The standard InChI is InChI=1S/C11H14N6OS/c1-7-6-18-11(13-7)19-10-15-8(12)14-9(16-10)17-4-2-3-5-17/h6H,2-5H2,1H3,(H2,12,14,15,16). The molecule has 0 radical (unpaired) electrons. The summed E-state index contributed by atoms with van der Waals surface area (Å²) in [6, 6.07) is 0. The van der Waals surface area contributed by atoms with E-state index in [1.54, 1.807) is 6.26 Å². The fraction of sp³-hybridized carbons (Fsp3) is 0.455. The van der Waals surface area contributed by atoms with Gasteiger partial charge in [-0.2, -0.15) is 15.0 Å². The van der Waals surface area contributed by atoms with Crippen molar-refractivity contribution in [3.05, 3.63) is 12.0 Å². The summed E-state index contributed by atoms with van der Waals surface area (Å²) < 4.78 is 5.27. The molecule has 0 bridgehead atoms. The highest BCUT2D eigenvalue weighted by molar-refractivity contribution is 7.98. The van der Waals surface area contributed by atoms with Gasteiger partial charge >= 0.3 is 0 Å². The lowest BCUT2D eigenvalue weighted by Crippen LogP contribution is -2.21. The predicted octanol–water partition coefficient (Wildman–Crippen LogP) is 1.50. The van der Waals surface area contributed by atoms with E-state index < -0.39 is 0 Å². The Bertz CT molecular complexity index is 580. The van der Waals surface area contributed by atoms with Crippen molar-refractivity contribution in [2.75, 3.05) is 23.7 Å². The molecule has 2 N–H and O–H groups in total. The molecule has 1 fully saturated rings. The van der Waals surface area contributed by atoms with Gasteiger partial charge in [0.05, 0.1) is 5.69 Å². The summed E-state index contributed by atoms with van der Waals surface area (Å²) >= 11 is 1.25. The van der Waals surface area contributed by atoms with E-state index in [-0.39, 0.29) is 5.95 Å². The largest absolute Gasteiger partial charge is 0.439 e. The number of rotatable bonds is 3. The van der Waals surface area contributed by atoms with Gasteiger partial charge in [0.1, 0.15) is 6.26 Å². The van der Waals surface area contributed by atoms with Gasteiger partial charge in [-0.15, -0.1) is 0 Å². The maximum Gasteiger partial charge on any atom is 0.263 e. The zero-order valence-corrected chi connectivity index (χ0v) is 11.4. The fourth-order valence-electron chi connectivity index (χ4n) is 1.92. The first-order valence-corrected chi connectivity index (χ1v) is 6.89. The summed E-state index contributed by atoms with van der Waals surface area (Å²) in [6.45, 7) is 3.79. The Morgan fingerprint density at radius 1 is 1.21 bits per heavy atom. The molecule has 2 aromatic heterocycles. The molecule has 0 aromatic carbocycles. The number of oxazole rings is 1. The van der Waals surface area contributed by atoms with Gasteiger partial charge in [0, 0.05) is 24.9 Å². The number of nitrogen functional groups attached to an aromatic ring is 1. The van der Waals surface area contributed by atoms with Crippen LogP contribution in [0.3, 0.4) is 0 Å². The zero-order chi connectivity index (χ0) is 13.2. The second-order valence-corrected chi connectivity index (χ2v) is 5.25. The van der Waals surface area contributed by atoms with Crippen LogP contribution in [0.5, 0.6) is 0 Å². The van der Waals surface area contributed by atoms with Crippen molar-refractivity contribution in [2.45, 2.75) is 30.1 Å². The molecule has 1 saturated heterocycles. The van der Waals surface area contributed by atoms with Gasteiger partial charge in [-0.25, -0.2) is 4.98 Å². The number of hydrogen-bond donors (Lipinski definition) is 1. The van der Waals surface area contributed by atoms with E-state index >= 15 is 0 Å². The Kier molecular flexibility index (Phi) is 3.24. The van der Waals surface area contributed by atoms with E-state index in [9.17, 15) is 0 Å². The first-order valence-electron chi connectivity index (χ1n) is 6.07. The van der Waals surface area contributed by atoms with Crippen LogP contribution in [0.2, 0.25) is 0 Å². The topological polar surface area (TPSA) is 94.0 Å². The minimum absolute atomic E-state index is 0.225. The number of hydrogen-bond acceptors (Lipinski definition) is 8. The highest BCUT2D eigenvalue weighted by atomic mass is 32.2. The van der Waals surface area contributed by atoms with Crippen molar-refractivity contribution in [2.24, 2.45) is 0 Å². The van der Waals surface area contributed by atoms with Crippen LogP contribution < -0.4 is 10.6 Å². The molecule has 19 heavy (non-hydrogen) atoms. The molecular weight excluding hydrogens is 264 g/mol. The van der Waals surface area contributed by atoms with E-state index in [1.165, 1.54) is 11.8 Å². The third-order valence-corrected chi connectivity index (χ3v) is 3.51. The Balaban J connectivity index is 1.84. The van der Waals surface area contributed by atoms with Crippen LogP contribution in [0.25, 0.3) is 0 Å². The summed E-state index contributed by atoms with van der Waals surface area (Å²) in [6.07, 6.45) is 3.91. The molecule has 1 aliphatic rings. The Morgan fingerprint density at radius 2 is 2.00 bits per heavy atom. The minimum atomic E-state index is 0.225. The molecule has 8 heteroatoms. The number of aromatic nitrogens is 4. The van der Waals surface area contributed by atoms with Crippen LogP contribution in [0.15, 0.2) is 21.1 Å². The number of nitrogens with two attached hydrogens (primary N) is 1. The van der Waals surface area contributed by atoms with Crippen LogP contribution in [0.1, 0.15) is 18.5 Å². The van der Waals surface area contributed by atoms with Gasteiger partial charge in [-0.1, -0.05) is 0 Å². The molecule has 0 atom stereocenters. The molecule has 0 saturated carbocycles. The maximum absolute atomic E-state index is 5.73. The van der Waals surface area contributed by atoms with Gasteiger partial charge in [0.25, 0.3) is 5.22 Å². The summed E-state index contributed by atoms with van der Waals surface area (Å²) in [4.78, 5) is 19.0. The van der Waals surface area contributed by atoms with Crippen LogP contribution >= 0.6 is 11.8 Å². The lowest BCUT2D eigenvalue weighted by atomic mass is 10.4. The second-order valence-electron chi connectivity index (χ2n) is 4.33. The molecule has 0 spiro atoms. The third kappa shape index (κ3) is 2.78. The highest BCUT2D eigenvalue weighted by Gasteiger charge is 2.17. The van der Waals surface area contributed by atoms with Crippen molar-refractivity contribution in [3.8, 4) is 0 Å². The van der Waals surface area contributed by atoms with E-state index in [4.69, 9.17) is 10.2 Å². The monoisotopic (exact) mass is 278 g/mol. The molecule has 3 heterocycles. The molecule has 3 rings (SSSR count). The van der Waals surface area contributed by atoms with Gasteiger partial charge in [-0.05, 0) is 19.8 Å². The molecular formula is C11H14N6OS. The van der Waals surface area contributed by atoms with Gasteiger partial charge in [0.2, 0.25) is 17.1 Å². The maximum atomic E-state index is 5.73. The lowest BCUT2D eigenvalue weighted by molar-refractivity contribution is 0.453. The van der Waals surface area contributed by atoms with E-state index in [1.807, 2.05) is 6.92 Å². The average molecular weight is 278 g/mol. The number of anilines is 2. The average Bonchev–Trinajstić information content (AvgIpc) is 3.00. The van der Waals surface area contributed by atoms with Crippen LogP contribution in [0.4, 0.5) is 11.9 Å². The Labute approximate surface area is 114 Å². The van der Waals surface area contributed by atoms with Crippen molar-refractivity contribution in [3.63, 3.8) is 0 Å². The molecule has 0 unspecified atom stereocenters. The van der Waals surface area contributed by atoms with Crippen LogP contribution in [-0.2, 0) is 0 Å². The summed E-state index contributed by atoms with van der Waals surface area (Å²) in [7, 11) is 0. The SMILES string of the molecule is Cc1coc(Sc2nc(N)nc(N3CCCC3)n2)n1. The van der Waals surface area contributed by atoms with Gasteiger partial charge in [0.15, 0.2) is 0 Å². The molecule has 7 nitrogen and oxygen atoms in total. The lowest BCUT2D eigenvalue weighted by Gasteiger charge is -2.15. The van der Waals surface area contributed by atoms with Crippen molar-refractivity contribution >= 4 is 23.7 Å². The van der Waals surface area contributed by atoms with Gasteiger partial charge < -0.3 is 15.1 Å². The van der Waals surface area contributed by atoms with Crippen molar-refractivity contribution < 1.29 is 4.42 Å². The Hall–Kier alpha value is -1.83. The van der Waals surface area contributed by atoms with Gasteiger partial charge in [-0.3, -0.25) is 0 Å². The quantitative estimate of drug-likeness (QED) is 0.902. The molecule has 0 aliphatic carbocycles. The van der Waals surface area contributed by atoms with E-state index in [0.717, 1.165) is 31.6 Å². The minimum Gasteiger partial charge on any atom is -0.439 e. The first-order chi connectivity index (χ1) is 9.20. The molecule has 1 aliphatic heterocycles. The highest BCUT2D eigenvalue weighted by Crippen LogP contribution is 2.26. The summed E-state index contributed by atoms with van der Waals surface area (Å²) in [5, 5.41) is 1.02. The smallest absolute Gasteiger partial charge is 0.263 e. The third-order valence-electron chi connectivity index (χ3n) is 2.79. The van der Waals surface area contributed by atoms with E-state index in [0.29, 0.717) is 16.3 Å². The fourth-order valence-corrected chi connectivity index (χ4v) is 2.63.